The van der Waals surface area contributed by atoms with E-state index in [-0.39, 0.29) is 29.9 Å². The number of rotatable bonds is 10. The molecule has 0 aromatic heterocycles. The number of hydrogen-bond donors (Lipinski definition) is 1. The van der Waals surface area contributed by atoms with Crippen LogP contribution in [0.25, 0.3) is 0 Å². The van der Waals surface area contributed by atoms with E-state index in [9.17, 15) is 14.7 Å². The van der Waals surface area contributed by atoms with E-state index in [2.05, 4.69) is 18.2 Å². The van der Waals surface area contributed by atoms with E-state index in [0.717, 1.165) is 48.1 Å². The second-order valence-electron chi connectivity index (χ2n) is 13.0. The third-order valence-electron chi connectivity index (χ3n) is 9.30. The van der Waals surface area contributed by atoms with Crippen LogP contribution in [0.1, 0.15) is 72.2 Å². The lowest BCUT2D eigenvalue weighted by molar-refractivity contribution is 0.0497. The highest BCUT2D eigenvalue weighted by Crippen LogP contribution is 2.42. The lowest BCUT2D eigenvalue weighted by Crippen LogP contribution is -2.50. The Morgan fingerprint density at radius 2 is 1.57 bits per heavy atom. The number of ether oxygens (including phenoxy) is 3. The number of aliphatic hydroxyl groups is 1. The van der Waals surface area contributed by atoms with Gasteiger partial charge in [0.05, 0.1) is 54.9 Å². The van der Waals surface area contributed by atoms with Crippen molar-refractivity contribution in [2.45, 2.75) is 77.2 Å². The minimum Gasteiger partial charge on any atom is -0.493 e. The maximum Gasteiger partial charge on any atom is 0.256 e. The molecule has 46 heavy (non-hydrogen) atoms. The summed E-state index contributed by atoms with van der Waals surface area (Å²) in [4.78, 5) is 36.8. The zero-order valence-electron chi connectivity index (χ0n) is 27.3. The van der Waals surface area contributed by atoms with Crippen LogP contribution >= 0.6 is 0 Å². The van der Waals surface area contributed by atoms with Crippen LogP contribution in [-0.2, 0) is 0 Å². The Balaban J connectivity index is 1.05. The molecular weight excluding hydrogens is 584 g/mol. The molecule has 2 aromatic rings. The van der Waals surface area contributed by atoms with Crippen molar-refractivity contribution in [2.75, 3.05) is 38.3 Å². The summed E-state index contributed by atoms with van der Waals surface area (Å²) in [6.07, 6.45) is 4.81. The molecular formula is C36H44N4O6. The molecule has 10 heteroatoms. The summed E-state index contributed by atoms with van der Waals surface area (Å²) in [6, 6.07) is 6.86. The number of carbonyl (C=O) groups excluding carboxylic acids is 2. The largest absolute Gasteiger partial charge is 0.493 e. The number of aliphatic imine (C=N–C) groups is 1. The number of unbranched alkanes of at least 4 members (excludes halogenated alkanes) is 2. The van der Waals surface area contributed by atoms with Gasteiger partial charge in [-0.2, -0.15) is 0 Å². The number of carbonyl (C=O) groups is 2. The second kappa shape index (κ2) is 12.8. The smallest absolute Gasteiger partial charge is 0.256 e. The number of hydrogen-bond acceptors (Lipinski definition) is 8. The van der Waals surface area contributed by atoms with Crippen LogP contribution in [0.2, 0.25) is 0 Å². The molecule has 0 spiro atoms. The van der Waals surface area contributed by atoms with E-state index in [1.54, 1.807) is 18.1 Å². The van der Waals surface area contributed by atoms with Crippen molar-refractivity contribution in [3.05, 3.63) is 65.3 Å². The zero-order valence-corrected chi connectivity index (χ0v) is 27.3. The summed E-state index contributed by atoms with van der Waals surface area (Å²) in [5.41, 5.74) is 5.27. The molecule has 2 saturated heterocycles. The van der Waals surface area contributed by atoms with E-state index in [4.69, 9.17) is 14.2 Å². The van der Waals surface area contributed by atoms with Gasteiger partial charge in [-0.15, -0.1) is 0 Å². The first-order chi connectivity index (χ1) is 22.1. The Morgan fingerprint density at radius 1 is 0.891 bits per heavy atom. The molecule has 4 heterocycles. The van der Waals surface area contributed by atoms with Crippen LogP contribution in [0.5, 0.6) is 17.2 Å². The number of aryl methyl sites for hydroxylation is 1. The van der Waals surface area contributed by atoms with Gasteiger partial charge in [-0.25, -0.2) is 0 Å². The van der Waals surface area contributed by atoms with Gasteiger partial charge in [0.15, 0.2) is 11.5 Å². The van der Waals surface area contributed by atoms with Crippen molar-refractivity contribution >= 4 is 29.4 Å². The van der Waals surface area contributed by atoms with Gasteiger partial charge in [-0.05, 0) is 70.6 Å². The molecule has 1 N–H and O–H groups in total. The molecule has 244 valence electrons. The highest BCUT2D eigenvalue weighted by molar-refractivity contribution is 6.04. The Kier molecular flexibility index (Phi) is 8.83. The van der Waals surface area contributed by atoms with Crippen LogP contribution in [0.4, 0.5) is 11.4 Å². The molecule has 4 aliphatic rings. The second-order valence-corrected chi connectivity index (χ2v) is 13.0. The van der Waals surface area contributed by atoms with Crippen LogP contribution in [0.3, 0.4) is 0 Å². The molecule has 0 bridgehead atoms. The fourth-order valence-electron chi connectivity index (χ4n) is 6.95. The first-order valence-electron chi connectivity index (χ1n) is 16.2. The standard InChI is InChI=1S/C36H44N4O6/c1-21(2)40-29-17-33(32(44-6)15-27(29)35(42)39-20-23(4)13-30(39)36(40)43)46-11-9-7-8-10-45-31-16-28-26(14-24(31)5)34(41)38-19-22(3)12-25(38)18-37-28/h14-18,21,25,30,36,43H,3-4,7-13,19-20H2,1-2,5-6H3/t25-,30-,36-/m0/s1. The fraction of sp³-hybridized carbons (Fsp3) is 0.472. The van der Waals surface area contributed by atoms with Gasteiger partial charge in [-0.3, -0.25) is 14.6 Å². The molecule has 6 rings (SSSR count). The Hall–Kier alpha value is -4.31. The number of methoxy groups -OCH3 is 1. The summed E-state index contributed by atoms with van der Waals surface area (Å²) < 4.78 is 17.9. The van der Waals surface area contributed by atoms with E-state index in [1.165, 1.54) is 0 Å². The average Bonchev–Trinajstić information content (AvgIpc) is 3.56. The van der Waals surface area contributed by atoms with E-state index in [1.807, 2.05) is 55.0 Å². The van der Waals surface area contributed by atoms with Crippen LogP contribution < -0.4 is 19.1 Å². The summed E-state index contributed by atoms with van der Waals surface area (Å²) in [5.74, 6) is 1.60. The summed E-state index contributed by atoms with van der Waals surface area (Å²) in [5, 5.41) is 11.4. The van der Waals surface area contributed by atoms with Crippen molar-refractivity contribution in [2.24, 2.45) is 4.99 Å². The van der Waals surface area contributed by atoms with Crippen LogP contribution in [0.15, 0.2) is 53.6 Å². The van der Waals surface area contributed by atoms with Gasteiger partial charge in [0, 0.05) is 37.5 Å². The predicted octanol–water partition coefficient (Wildman–Crippen LogP) is 5.44. The maximum atomic E-state index is 13.6. The first kappa shape index (κ1) is 31.7. The predicted molar refractivity (Wildman–Crippen MR) is 178 cm³/mol. The molecule has 2 fully saturated rings. The minimum atomic E-state index is -0.862. The zero-order chi connectivity index (χ0) is 32.7. The summed E-state index contributed by atoms with van der Waals surface area (Å²) in [7, 11) is 1.56. The van der Waals surface area contributed by atoms with E-state index in [0.29, 0.717) is 66.7 Å². The van der Waals surface area contributed by atoms with Crippen LogP contribution in [0, 0.1) is 6.92 Å². The molecule has 4 aliphatic heterocycles. The molecule has 0 saturated carbocycles. The number of benzene rings is 2. The Morgan fingerprint density at radius 3 is 2.28 bits per heavy atom. The van der Waals surface area contributed by atoms with Gasteiger partial charge >= 0.3 is 0 Å². The summed E-state index contributed by atoms with van der Waals surface area (Å²) >= 11 is 0. The average molecular weight is 629 g/mol. The Labute approximate surface area is 270 Å². The SMILES string of the molecule is C=C1C[C@H]2C=Nc3cc(OCCCCCOc4cc5c(cc4OC)C(=O)N4CC(=C)C[C@H]4[C@H](O)N5C(C)C)c(C)cc3C(=O)N2C1. The number of nitrogens with zero attached hydrogens (tertiary/aromatic N) is 4. The topological polar surface area (TPSA) is 104 Å². The van der Waals surface area contributed by atoms with Crippen LogP contribution in [-0.4, -0.2) is 90.7 Å². The number of anilines is 1. The molecule has 0 unspecified atom stereocenters. The summed E-state index contributed by atoms with van der Waals surface area (Å²) in [6.45, 7) is 16.1. The van der Waals surface area contributed by atoms with Crippen molar-refractivity contribution in [3.8, 4) is 17.2 Å². The number of aliphatic hydroxyl groups excluding tert-OH is 1. The molecule has 3 atom stereocenters. The third kappa shape index (κ3) is 5.86. The number of amides is 2. The van der Waals surface area contributed by atoms with Crippen molar-refractivity contribution in [3.63, 3.8) is 0 Å². The maximum absolute atomic E-state index is 13.6. The van der Waals surface area contributed by atoms with Gasteiger partial charge in [0.2, 0.25) is 0 Å². The lowest BCUT2D eigenvalue weighted by atomic mass is 10.1. The van der Waals surface area contributed by atoms with Gasteiger partial charge < -0.3 is 34.0 Å². The monoisotopic (exact) mass is 628 g/mol. The van der Waals surface area contributed by atoms with Crippen molar-refractivity contribution < 1.29 is 28.9 Å². The van der Waals surface area contributed by atoms with Gasteiger partial charge in [0.25, 0.3) is 11.8 Å². The highest BCUT2D eigenvalue weighted by atomic mass is 16.5. The lowest BCUT2D eigenvalue weighted by Gasteiger charge is -2.36. The number of fused-ring (bicyclic) bond motifs is 4. The quantitative estimate of drug-likeness (QED) is 0.276. The molecule has 0 radical (unpaired) electrons. The first-order valence-corrected chi connectivity index (χ1v) is 16.2. The minimum absolute atomic E-state index is 0.0109. The molecule has 10 nitrogen and oxygen atoms in total. The highest BCUT2D eigenvalue weighted by Gasteiger charge is 2.44. The third-order valence-corrected chi connectivity index (χ3v) is 9.30. The molecule has 2 aromatic carbocycles. The van der Waals surface area contributed by atoms with Gasteiger partial charge in [-0.1, -0.05) is 24.3 Å². The molecule has 2 amide bonds. The van der Waals surface area contributed by atoms with Crippen molar-refractivity contribution in [1.29, 1.82) is 0 Å². The Bertz CT molecular complexity index is 1600. The van der Waals surface area contributed by atoms with Gasteiger partial charge in [0.1, 0.15) is 12.0 Å². The fourth-order valence-corrected chi connectivity index (χ4v) is 6.95. The van der Waals surface area contributed by atoms with E-state index < -0.39 is 6.23 Å². The van der Waals surface area contributed by atoms with E-state index >= 15 is 0 Å². The molecule has 0 aliphatic carbocycles. The normalized spacial score (nSPS) is 22.0. The van der Waals surface area contributed by atoms with Crippen molar-refractivity contribution in [1.82, 2.24) is 9.80 Å².